The van der Waals surface area contributed by atoms with Crippen LogP contribution in [0.4, 0.5) is 0 Å². The highest BCUT2D eigenvalue weighted by atomic mass is 32.2. The van der Waals surface area contributed by atoms with Crippen LogP contribution in [0.1, 0.15) is 40.0 Å². The number of benzene rings is 1. The fourth-order valence-electron chi connectivity index (χ4n) is 2.87. The number of rotatable bonds is 4. The Hall–Kier alpha value is -1.22. The second kappa shape index (κ2) is 6.04. The Morgan fingerprint density at radius 2 is 1.95 bits per heavy atom. The first-order chi connectivity index (χ1) is 9.40. The minimum absolute atomic E-state index is 0.0827. The van der Waals surface area contributed by atoms with Gasteiger partial charge in [-0.05, 0) is 36.8 Å². The van der Waals surface area contributed by atoms with Gasteiger partial charge in [-0.25, -0.2) is 4.21 Å². The molecule has 0 amide bonds. The Labute approximate surface area is 123 Å². The van der Waals surface area contributed by atoms with E-state index in [-0.39, 0.29) is 5.41 Å². The molecule has 0 heterocycles. The van der Waals surface area contributed by atoms with Gasteiger partial charge >= 0.3 is 0 Å². The molecule has 1 aliphatic carbocycles. The van der Waals surface area contributed by atoms with E-state index in [2.05, 4.69) is 19.9 Å². The summed E-state index contributed by atoms with van der Waals surface area (Å²) in [6, 6.07) is 9.51. The van der Waals surface area contributed by atoms with E-state index < -0.39 is 10.8 Å². The summed E-state index contributed by atoms with van der Waals surface area (Å²) in [6.07, 6.45) is 4.41. The molecule has 0 spiro atoms. The highest BCUT2D eigenvalue weighted by molar-refractivity contribution is 7.89. The standard InChI is InChI=1S/C17H22O2S/c1-13(20(19)16-7-5-4-6-8-16)12-17(2,3)14-9-10-15(18)11-14/h4-8,12,14H,9-11H2,1-3H3/b13-12-/t14-,20?/m0/s1. The van der Waals surface area contributed by atoms with E-state index in [1.165, 1.54) is 0 Å². The zero-order valence-corrected chi connectivity index (χ0v) is 13.2. The molecular weight excluding hydrogens is 268 g/mol. The summed E-state index contributed by atoms with van der Waals surface area (Å²) in [5, 5.41) is 0. The molecule has 2 nitrogen and oxygen atoms in total. The molecule has 0 aromatic heterocycles. The Bertz CT molecular complexity index is 543. The van der Waals surface area contributed by atoms with Gasteiger partial charge in [0, 0.05) is 22.6 Å². The molecule has 0 radical (unpaired) electrons. The number of carbonyl (C=O) groups excluding carboxylic acids is 1. The molecule has 20 heavy (non-hydrogen) atoms. The molecule has 1 aliphatic rings. The molecule has 0 saturated heterocycles. The van der Waals surface area contributed by atoms with Gasteiger partial charge in [-0.3, -0.25) is 4.79 Å². The summed E-state index contributed by atoms with van der Waals surface area (Å²) < 4.78 is 12.5. The molecule has 108 valence electrons. The molecule has 1 aromatic carbocycles. The summed E-state index contributed by atoms with van der Waals surface area (Å²) in [5.41, 5.74) is -0.0827. The van der Waals surface area contributed by atoms with E-state index in [1.54, 1.807) is 0 Å². The zero-order valence-electron chi connectivity index (χ0n) is 12.4. The van der Waals surface area contributed by atoms with E-state index in [4.69, 9.17) is 0 Å². The van der Waals surface area contributed by atoms with Crippen LogP contribution in [0.2, 0.25) is 0 Å². The number of hydrogen-bond acceptors (Lipinski definition) is 2. The second-order valence-corrected chi connectivity index (χ2v) is 7.79. The molecule has 3 heteroatoms. The SMILES string of the molecule is C/C(=C/C(C)(C)[C@H]1CCC(=O)C1)S(=O)c1ccccc1. The van der Waals surface area contributed by atoms with Crippen molar-refractivity contribution in [3.63, 3.8) is 0 Å². The molecule has 0 aliphatic heterocycles. The smallest absolute Gasteiger partial charge is 0.133 e. The third-order valence-electron chi connectivity index (χ3n) is 4.12. The number of Topliss-reactive ketones (excluding diaryl/α,β-unsaturated/α-hetero) is 1. The molecule has 2 rings (SSSR count). The fraction of sp³-hybridized carbons (Fsp3) is 0.471. The van der Waals surface area contributed by atoms with Crippen molar-refractivity contribution in [1.29, 1.82) is 0 Å². The number of allylic oxidation sites excluding steroid dienone is 2. The van der Waals surface area contributed by atoms with Crippen molar-refractivity contribution in [2.24, 2.45) is 11.3 Å². The van der Waals surface area contributed by atoms with Gasteiger partial charge in [-0.1, -0.05) is 38.1 Å². The first-order valence-electron chi connectivity index (χ1n) is 7.08. The average molecular weight is 290 g/mol. The molecule has 2 atom stereocenters. The van der Waals surface area contributed by atoms with Gasteiger partial charge in [-0.15, -0.1) is 0 Å². The van der Waals surface area contributed by atoms with Gasteiger partial charge in [0.15, 0.2) is 0 Å². The van der Waals surface area contributed by atoms with Crippen LogP contribution in [0.3, 0.4) is 0 Å². The van der Waals surface area contributed by atoms with Crippen molar-refractivity contribution in [3.05, 3.63) is 41.3 Å². The van der Waals surface area contributed by atoms with Crippen molar-refractivity contribution < 1.29 is 9.00 Å². The van der Waals surface area contributed by atoms with E-state index in [1.807, 2.05) is 37.3 Å². The third-order valence-corrected chi connectivity index (χ3v) is 5.53. The van der Waals surface area contributed by atoms with Gasteiger partial charge in [-0.2, -0.15) is 0 Å². The molecular formula is C17H22O2S. The van der Waals surface area contributed by atoms with Crippen LogP contribution >= 0.6 is 0 Å². The van der Waals surface area contributed by atoms with Crippen LogP contribution in [0.25, 0.3) is 0 Å². The van der Waals surface area contributed by atoms with Gasteiger partial charge < -0.3 is 0 Å². The summed E-state index contributed by atoms with van der Waals surface area (Å²) in [7, 11) is -1.11. The third kappa shape index (κ3) is 3.45. The predicted octanol–water partition coefficient (Wildman–Crippen LogP) is 4.09. The van der Waals surface area contributed by atoms with Crippen molar-refractivity contribution in [1.82, 2.24) is 0 Å². The minimum atomic E-state index is -1.11. The Morgan fingerprint density at radius 3 is 2.50 bits per heavy atom. The van der Waals surface area contributed by atoms with Gasteiger partial charge in [0.2, 0.25) is 0 Å². The molecule has 1 aromatic rings. The van der Waals surface area contributed by atoms with E-state index in [0.717, 1.165) is 16.2 Å². The number of carbonyl (C=O) groups is 1. The van der Waals surface area contributed by atoms with Crippen LogP contribution in [-0.2, 0) is 15.6 Å². The molecule has 1 unspecified atom stereocenters. The summed E-state index contributed by atoms with van der Waals surface area (Å²) >= 11 is 0. The zero-order chi connectivity index (χ0) is 14.8. The van der Waals surface area contributed by atoms with Crippen LogP contribution in [0, 0.1) is 11.3 Å². The Kier molecular flexibility index (Phi) is 4.59. The number of hydrogen-bond donors (Lipinski definition) is 0. The molecule has 1 fully saturated rings. The van der Waals surface area contributed by atoms with Crippen molar-refractivity contribution >= 4 is 16.6 Å². The fourth-order valence-corrected chi connectivity index (χ4v) is 4.06. The summed E-state index contributed by atoms with van der Waals surface area (Å²) in [6.45, 7) is 6.20. The minimum Gasteiger partial charge on any atom is -0.300 e. The van der Waals surface area contributed by atoms with Gasteiger partial charge in [0.25, 0.3) is 0 Å². The van der Waals surface area contributed by atoms with Crippen LogP contribution < -0.4 is 0 Å². The van der Waals surface area contributed by atoms with E-state index in [0.29, 0.717) is 24.5 Å². The van der Waals surface area contributed by atoms with Gasteiger partial charge in [0.1, 0.15) is 5.78 Å². The Balaban J connectivity index is 2.17. The lowest BCUT2D eigenvalue weighted by molar-refractivity contribution is -0.117. The van der Waals surface area contributed by atoms with Crippen molar-refractivity contribution in [2.75, 3.05) is 0 Å². The maximum absolute atomic E-state index is 12.5. The lowest BCUT2D eigenvalue weighted by Gasteiger charge is -2.28. The maximum atomic E-state index is 12.5. The topological polar surface area (TPSA) is 34.1 Å². The highest BCUT2D eigenvalue weighted by Gasteiger charge is 2.34. The van der Waals surface area contributed by atoms with E-state index in [9.17, 15) is 9.00 Å². The van der Waals surface area contributed by atoms with Crippen LogP contribution in [-0.4, -0.2) is 9.99 Å². The lowest BCUT2D eigenvalue weighted by Crippen LogP contribution is -2.20. The molecule has 1 saturated carbocycles. The maximum Gasteiger partial charge on any atom is 0.133 e. The van der Waals surface area contributed by atoms with Crippen LogP contribution in [0.15, 0.2) is 46.2 Å². The molecule has 0 bridgehead atoms. The second-order valence-electron chi connectivity index (χ2n) is 6.14. The monoisotopic (exact) mass is 290 g/mol. The summed E-state index contributed by atoms with van der Waals surface area (Å²) in [5.74, 6) is 0.732. The summed E-state index contributed by atoms with van der Waals surface area (Å²) in [4.78, 5) is 13.2. The quantitative estimate of drug-likeness (QED) is 0.837. The highest BCUT2D eigenvalue weighted by Crippen LogP contribution is 2.40. The van der Waals surface area contributed by atoms with Crippen molar-refractivity contribution in [2.45, 2.75) is 44.9 Å². The number of ketones is 1. The van der Waals surface area contributed by atoms with Gasteiger partial charge in [0.05, 0.1) is 10.8 Å². The lowest BCUT2D eigenvalue weighted by atomic mass is 9.77. The predicted molar refractivity (Wildman–Crippen MR) is 82.7 cm³/mol. The van der Waals surface area contributed by atoms with Crippen molar-refractivity contribution in [3.8, 4) is 0 Å². The Morgan fingerprint density at radius 1 is 1.30 bits per heavy atom. The normalized spacial score (nSPS) is 22.1. The first kappa shape index (κ1) is 15.2. The van der Waals surface area contributed by atoms with Crippen LogP contribution in [0.5, 0.6) is 0 Å². The molecule has 0 N–H and O–H groups in total. The van der Waals surface area contributed by atoms with E-state index >= 15 is 0 Å². The average Bonchev–Trinajstić information content (AvgIpc) is 2.86. The first-order valence-corrected chi connectivity index (χ1v) is 8.23. The largest absolute Gasteiger partial charge is 0.300 e.